The number of benzene rings is 3. The first-order chi connectivity index (χ1) is 14.9. The molecule has 0 aromatic heterocycles. The van der Waals surface area contributed by atoms with Gasteiger partial charge in [0.2, 0.25) is 0 Å². The van der Waals surface area contributed by atoms with E-state index in [1.165, 1.54) is 0 Å². The summed E-state index contributed by atoms with van der Waals surface area (Å²) in [5.74, 6) is 0.822. The Morgan fingerprint density at radius 3 is 2.35 bits per heavy atom. The molecule has 0 bridgehead atoms. The fourth-order valence-corrected chi connectivity index (χ4v) is 4.71. The van der Waals surface area contributed by atoms with Gasteiger partial charge in [0.05, 0.1) is 18.8 Å². The van der Waals surface area contributed by atoms with Crippen molar-refractivity contribution in [1.29, 1.82) is 0 Å². The minimum atomic E-state index is -1.02. The van der Waals surface area contributed by atoms with Crippen molar-refractivity contribution in [2.75, 3.05) is 13.2 Å². The van der Waals surface area contributed by atoms with Crippen molar-refractivity contribution >= 4 is 23.4 Å². The molecule has 31 heavy (non-hydrogen) atoms. The Morgan fingerprint density at radius 2 is 1.68 bits per heavy atom. The zero-order valence-corrected chi connectivity index (χ0v) is 19.1. The molecular formula is C25H28ClNO3S. The van der Waals surface area contributed by atoms with Crippen LogP contribution in [-0.4, -0.2) is 29.0 Å². The lowest BCUT2D eigenvalue weighted by molar-refractivity contribution is 0.110. The summed E-state index contributed by atoms with van der Waals surface area (Å²) in [6, 6.07) is 24.0. The Morgan fingerprint density at radius 1 is 0.968 bits per heavy atom. The second-order valence-corrected chi connectivity index (χ2v) is 9.37. The summed E-state index contributed by atoms with van der Waals surface area (Å²) in [6.45, 7) is 1.97. The van der Waals surface area contributed by atoms with Gasteiger partial charge in [-0.05, 0) is 53.8 Å². The Kier molecular flexibility index (Phi) is 8.41. The van der Waals surface area contributed by atoms with Crippen molar-refractivity contribution in [2.24, 2.45) is 5.73 Å². The number of hydrogen-bond acceptors (Lipinski definition) is 5. The monoisotopic (exact) mass is 457 g/mol. The van der Waals surface area contributed by atoms with E-state index in [1.54, 1.807) is 11.8 Å². The molecule has 0 saturated heterocycles. The van der Waals surface area contributed by atoms with Crippen LogP contribution in [0.4, 0.5) is 0 Å². The van der Waals surface area contributed by atoms with Crippen LogP contribution in [0.15, 0.2) is 82.6 Å². The first kappa shape index (κ1) is 23.6. The van der Waals surface area contributed by atoms with Gasteiger partial charge in [0, 0.05) is 14.8 Å². The van der Waals surface area contributed by atoms with E-state index < -0.39 is 5.54 Å². The molecule has 4 nitrogen and oxygen atoms in total. The van der Waals surface area contributed by atoms with Crippen molar-refractivity contribution in [3.63, 3.8) is 0 Å². The third-order valence-electron chi connectivity index (χ3n) is 5.13. The predicted octanol–water partition coefficient (Wildman–Crippen LogP) is 5.25. The van der Waals surface area contributed by atoms with Crippen LogP contribution in [0.25, 0.3) is 0 Å². The van der Waals surface area contributed by atoms with E-state index in [9.17, 15) is 10.2 Å². The molecule has 0 amide bonds. The normalized spacial score (nSPS) is 12.5. The van der Waals surface area contributed by atoms with Gasteiger partial charge in [0.1, 0.15) is 12.4 Å². The van der Waals surface area contributed by atoms with Crippen LogP contribution in [-0.2, 0) is 6.61 Å². The number of aliphatic hydroxyl groups excluding tert-OH is 2. The van der Waals surface area contributed by atoms with Gasteiger partial charge in [0.25, 0.3) is 0 Å². The maximum atomic E-state index is 9.45. The minimum absolute atomic E-state index is 0.00515. The second-order valence-electron chi connectivity index (χ2n) is 7.82. The Hall–Kier alpha value is -2.02. The van der Waals surface area contributed by atoms with Gasteiger partial charge in [-0.15, -0.1) is 0 Å². The van der Waals surface area contributed by atoms with Gasteiger partial charge >= 0.3 is 0 Å². The highest BCUT2D eigenvalue weighted by Crippen LogP contribution is 2.36. The molecule has 3 aromatic carbocycles. The number of halogens is 1. The molecule has 0 aliphatic carbocycles. The molecule has 1 atom stereocenters. The summed E-state index contributed by atoms with van der Waals surface area (Å²) in [5, 5.41) is 19.6. The summed E-state index contributed by atoms with van der Waals surface area (Å²) in [7, 11) is 0. The summed E-state index contributed by atoms with van der Waals surface area (Å²) in [6.07, 6.45) is 0.438. The van der Waals surface area contributed by atoms with Crippen molar-refractivity contribution in [1.82, 2.24) is 0 Å². The molecule has 0 aliphatic rings. The molecule has 4 N–H and O–H groups in total. The number of hydrogen-bond donors (Lipinski definition) is 3. The van der Waals surface area contributed by atoms with Crippen LogP contribution >= 0.6 is 23.4 Å². The number of nitrogens with two attached hydrogens (primary N) is 1. The molecule has 0 radical (unpaired) electrons. The quantitative estimate of drug-likeness (QED) is 0.388. The van der Waals surface area contributed by atoms with Gasteiger partial charge in [-0.25, -0.2) is 0 Å². The first-order valence-corrected chi connectivity index (χ1v) is 11.4. The van der Waals surface area contributed by atoms with Crippen molar-refractivity contribution < 1.29 is 14.9 Å². The van der Waals surface area contributed by atoms with Crippen LogP contribution in [0.5, 0.6) is 5.75 Å². The van der Waals surface area contributed by atoms with E-state index in [1.807, 2.05) is 79.7 Å². The molecule has 0 aliphatic heterocycles. The van der Waals surface area contributed by atoms with Gasteiger partial charge in [-0.1, -0.05) is 72.8 Å². The van der Waals surface area contributed by atoms with Crippen LogP contribution in [0.2, 0.25) is 5.02 Å². The summed E-state index contributed by atoms with van der Waals surface area (Å²) in [5.41, 5.74) is 7.09. The van der Waals surface area contributed by atoms with Crippen molar-refractivity contribution in [3.05, 3.63) is 88.9 Å². The largest absolute Gasteiger partial charge is 0.489 e. The van der Waals surface area contributed by atoms with E-state index >= 15 is 0 Å². The van der Waals surface area contributed by atoms with E-state index in [2.05, 4.69) is 0 Å². The Labute approximate surface area is 193 Å². The second kappa shape index (κ2) is 11.0. The van der Waals surface area contributed by atoms with Crippen molar-refractivity contribution in [3.8, 4) is 5.75 Å². The molecule has 0 fully saturated rings. The van der Waals surface area contributed by atoms with Crippen LogP contribution in [0, 0.1) is 0 Å². The molecule has 6 heteroatoms. The first-order valence-electron chi connectivity index (χ1n) is 10.2. The van der Waals surface area contributed by atoms with E-state index in [0.29, 0.717) is 18.1 Å². The van der Waals surface area contributed by atoms with Gasteiger partial charge in [-0.3, -0.25) is 0 Å². The molecule has 0 heterocycles. The highest BCUT2D eigenvalue weighted by Gasteiger charge is 2.27. The molecule has 3 aromatic rings. The van der Waals surface area contributed by atoms with Gasteiger partial charge < -0.3 is 20.7 Å². The minimum Gasteiger partial charge on any atom is -0.489 e. The fourth-order valence-electron chi connectivity index (χ4n) is 3.37. The molecule has 0 spiro atoms. The number of aliphatic hydroxyl groups is 2. The highest BCUT2D eigenvalue weighted by atomic mass is 35.5. The SMILES string of the molecule is C[C@H](CC(N)(CO)CO)c1ccc(Sc2cccc(OCc3ccccc3)c2)cc1Cl. The molecule has 0 saturated carbocycles. The summed E-state index contributed by atoms with van der Waals surface area (Å²) < 4.78 is 5.92. The number of ether oxygens (including phenoxy) is 1. The van der Waals surface area contributed by atoms with E-state index in [4.69, 9.17) is 22.1 Å². The van der Waals surface area contributed by atoms with Crippen LogP contribution in [0.1, 0.15) is 30.4 Å². The lowest BCUT2D eigenvalue weighted by atomic mass is 9.86. The average molecular weight is 458 g/mol. The molecular weight excluding hydrogens is 430 g/mol. The number of rotatable bonds is 10. The molecule has 0 unspecified atom stereocenters. The maximum Gasteiger partial charge on any atom is 0.120 e. The zero-order valence-electron chi connectivity index (χ0n) is 17.5. The smallest absolute Gasteiger partial charge is 0.120 e. The lowest BCUT2D eigenvalue weighted by Gasteiger charge is -2.28. The van der Waals surface area contributed by atoms with E-state index in [-0.39, 0.29) is 19.1 Å². The predicted molar refractivity (Wildman–Crippen MR) is 127 cm³/mol. The average Bonchev–Trinajstić information content (AvgIpc) is 2.78. The standard InChI is InChI=1S/C25H28ClNO3S/c1-18(14-25(27,16-28)17-29)23-11-10-22(13-24(23)26)31-21-9-5-8-20(12-21)30-15-19-6-3-2-4-7-19/h2-13,18,28-29H,14-17,27H2,1H3/t18-/m1/s1. The lowest BCUT2D eigenvalue weighted by Crippen LogP contribution is -2.48. The van der Waals surface area contributed by atoms with Gasteiger partial charge in [-0.2, -0.15) is 0 Å². The van der Waals surface area contributed by atoms with Crippen LogP contribution < -0.4 is 10.5 Å². The van der Waals surface area contributed by atoms with Crippen LogP contribution in [0.3, 0.4) is 0 Å². The topological polar surface area (TPSA) is 75.7 Å². The third-order valence-corrected chi connectivity index (χ3v) is 6.44. The van der Waals surface area contributed by atoms with Crippen molar-refractivity contribution in [2.45, 2.75) is 41.2 Å². The summed E-state index contributed by atoms with van der Waals surface area (Å²) in [4.78, 5) is 2.08. The Balaban J connectivity index is 1.66. The Bertz CT molecular complexity index is 980. The third kappa shape index (κ3) is 6.73. The highest BCUT2D eigenvalue weighted by molar-refractivity contribution is 7.99. The summed E-state index contributed by atoms with van der Waals surface area (Å²) >= 11 is 8.16. The van der Waals surface area contributed by atoms with E-state index in [0.717, 1.165) is 26.7 Å². The maximum absolute atomic E-state index is 9.45. The molecule has 3 rings (SSSR count). The van der Waals surface area contributed by atoms with Gasteiger partial charge in [0.15, 0.2) is 0 Å². The fraction of sp³-hybridized carbons (Fsp3) is 0.280. The zero-order chi connectivity index (χ0) is 22.3. The molecule has 164 valence electrons.